The highest BCUT2D eigenvalue weighted by Gasteiger charge is 2.08. The van der Waals surface area contributed by atoms with Crippen LogP contribution in [0.1, 0.15) is 17.9 Å². The molecule has 0 unspecified atom stereocenters. The molecule has 3 rings (SSSR count). The first-order valence-corrected chi connectivity index (χ1v) is 8.42. The summed E-state index contributed by atoms with van der Waals surface area (Å²) in [5.74, 6) is 0.579. The third-order valence-corrected chi connectivity index (χ3v) is 3.66. The second kappa shape index (κ2) is 8.92. The van der Waals surface area contributed by atoms with Crippen LogP contribution in [0.5, 0.6) is 0 Å². The minimum Gasteiger partial charge on any atom is -0.463 e. The van der Waals surface area contributed by atoms with Gasteiger partial charge in [0.25, 0.3) is 0 Å². The van der Waals surface area contributed by atoms with Gasteiger partial charge in [0.2, 0.25) is 11.7 Å². The van der Waals surface area contributed by atoms with Crippen LogP contribution in [0.25, 0.3) is 17.5 Å². The molecule has 0 atom stereocenters. The highest BCUT2D eigenvalue weighted by atomic mass is 35.5. The molecule has 0 N–H and O–H groups in total. The summed E-state index contributed by atoms with van der Waals surface area (Å²) in [5.41, 5.74) is 1.63. The van der Waals surface area contributed by atoms with Gasteiger partial charge in [-0.05, 0) is 42.3 Å². The maximum absolute atomic E-state index is 11.7. The molecule has 0 saturated carbocycles. The number of hydrogen-bond donors (Lipinski definition) is 0. The summed E-state index contributed by atoms with van der Waals surface area (Å²) in [4.78, 5) is 20.0. The van der Waals surface area contributed by atoms with Crippen LogP contribution in [0.4, 0.5) is 0 Å². The van der Waals surface area contributed by atoms with Gasteiger partial charge in [-0.25, -0.2) is 4.79 Å². The van der Waals surface area contributed by atoms with Gasteiger partial charge in [-0.1, -0.05) is 28.9 Å². The van der Waals surface area contributed by atoms with Gasteiger partial charge in [0, 0.05) is 35.5 Å². The molecule has 0 saturated heterocycles. The molecule has 2 aromatic heterocycles. The van der Waals surface area contributed by atoms with E-state index >= 15 is 0 Å². The Bertz CT molecular complexity index is 894. The highest BCUT2D eigenvalue weighted by Crippen LogP contribution is 2.14. The number of nitrogens with zero attached hydrogens (tertiary/aromatic N) is 3. The Hall–Kier alpha value is -2.99. The zero-order chi connectivity index (χ0) is 18.2. The zero-order valence-electron chi connectivity index (χ0n) is 13.8. The largest absolute Gasteiger partial charge is 0.463 e. The Balaban J connectivity index is 1.41. The topological polar surface area (TPSA) is 78.1 Å². The van der Waals surface area contributed by atoms with Gasteiger partial charge >= 0.3 is 5.97 Å². The van der Waals surface area contributed by atoms with Crippen molar-refractivity contribution >= 4 is 23.6 Å². The van der Waals surface area contributed by atoms with Crippen molar-refractivity contribution in [2.45, 2.75) is 12.8 Å². The van der Waals surface area contributed by atoms with Crippen molar-refractivity contribution in [3.05, 3.63) is 71.3 Å². The van der Waals surface area contributed by atoms with Crippen LogP contribution in [0.3, 0.4) is 0 Å². The minimum absolute atomic E-state index is 0.267. The van der Waals surface area contributed by atoms with E-state index < -0.39 is 5.97 Å². The number of rotatable bonds is 7. The van der Waals surface area contributed by atoms with E-state index in [-0.39, 0.29) is 6.61 Å². The SMILES string of the molecule is O=C(/C=C/c1cccc(Cl)c1)OCCCc1nc(-c2cccnc2)no1. The van der Waals surface area contributed by atoms with Crippen LogP contribution in [-0.2, 0) is 16.0 Å². The van der Waals surface area contributed by atoms with Crippen molar-refractivity contribution in [3.63, 3.8) is 0 Å². The summed E-state index contributed by atoms with van der Waals surface area (Å²) >= 11 is 5.89. The van der Waals surface area contributed by atoms with E-state index in [1.54, 1.807) is 30.6 Å². The molecule has 0 bridgehead atoms. The van der Waals surface area contributed by atoms with E-state index in [0.717, 1.165) is 11.1 Å². The summed E-state index contributed by atoms with van der Waals surface area (Å²) in [6.45, 7) is 0.267. The van der Waals surface area contributed by atoms with E-state index in [9.17, 15) is 4.79 Å². The molecule has 0 spiro atoms. The van der Waals surface area contributed by atoms with E-state index in [0.29, 0.717) is 29.6 Å². The Kier molecular flexibility index (Phi) is 6.11. The molecule has 0 aliphatic heterocycles. The predicted molar refractivity (Wildman–Crippen MR) is 97.3 cm³/mol. The summed E-state index contributed by atoms with van der Waals surface area (Å²) in [7, 11) is 0. The molecule has 1 aromatic carbocycles. The number of carbonyl (C=O) groups excluding carboxylic acids is 1. The number of aryl methyl sites for hydroxylation is 1. The molecular weight excluding hydrogens is 354 g/mol. The van der Waals surface area contributed by atoms with Gasteiger partial charge in [-0.15, -0.1) is 0 Å². The van der Waals surface area contributed by atoms with Gasteiger partial charge in [0.15, 0.2) is 0 Å². The molecule has 3 aromatic rings. The standard InChI is InChI=1S/C19H16ClN3O3/c20-16-6-1-4-14(12-16)8-9-18(24)25-11-3-7-17-22-19(23-26-17)15-5-2-10-21-13-15/h1-2,4-6,8-10,12-13H,3,7,11H2/b9-8+. The van der Waals surface area contributed by atoms with Crippen molar-refractivity contribution in [3.8, 4) is 11.4 Å². The van der Waals surface area contributed by atoms with Crippen molar-refractivity contribution in [1.29, 1.82) is 0 Å². The third kappa shape index (κ3) is 5.26. The number of esters is 1. The number of aromatic nitrogens is 3. The van der Waals surface area contributed by atoms with Crippen molar-refractivity contribution < 1.29 is 14.1 Å². The minimum atomic E-state index is -0.411. The molecule has 0 aliphatic carbocycles. The van der Waals surface area contributed by atoms with Crippen LogP contribution in [-0.4, -0.2) is 27.7 Å². The Morgan fingerprint density at radius 3 is 3.00 bits per heavy atom. The number of benzene rings is 1. The zero-order valence-corrected chi connectivity index (χ0v) is 14.6. The van der Waals surface area contributed by atoms with Gasteiger partial charge in [0.05, 0.1) is 6.61 Å². The first-order valence-electron chi connectivity index (χ1n) is 8.04. The first kappa shape index (κ1) is 17.8. The van der Waals surface area contributed by atoms with Crippen molar-refractivity contribution in [2.24, 2.45) is 0 Å². The highest BCUT2D eigenvalue weighted by molar-refractivity contribution is 6.30. The Morgan fingerprint density at radius 2 is 2.19 bits per heavy atom. The molecule has 0 fully saturated rings. The average Bonchev–Trinajstić information content (AvgIpc) is 3.13. The lowest BCUT2D eigenvalue weighted by Crippen LogP contribution is -2.03. The lowest BCUT2D eigenvalue weighted by molar-refractivity contribution is -0.137. The molecule has 2 heterocycles. The van der Waals surface area contributed by atoms with Gasteiger partial charge < -0.3 is 9.26 Å². The van der Waals surface area contributed by atoms with E-state index in [1.807, 2.05) is 24.3 Å². The van der Waals surface area contributed by atoms with Crippen LogP contribution >= 0.6 is 11.6 Å². The normalized spacial score (nSPS) is 11.0. The summed E-state index contributed by atoms with van der Waals surface area (Å²) in [6, 6.07) is 10.9. The number of hydrogen-bond acceptors (Lipinski definition) is 6. The summed E-state index contributed by atoms with van der Waals surface area (Å²) in [6.07, 6.45) is 7.50. The maximum atomic E-state index is 11.7. The Morgan fingerprint density at radius 1 is 1.27 bits per heavy atom. The summed E-state index contributed by atoms with van der Waals surface area (Å²) < 4.78 is 10.3. The van der Waals surface area contributed by atoms with Crippen molar-refractivity contribution in [1.82, 2.24) is 15.1 Å². The fourth-order valence-electron chi connectivity index (χ4n) is 2.19. The number of carbonyl (C=O) groups is 1. The molecule has 132 valence electrons. The number of pyridine rings is 1. The first-order chi connectivity index (χ1) is 12.7. The molecule has 0 amide bonds. The average molecular weight is 370 g/mol. The van der Waals surface area contributed by atoms with Crippen LogP contribution in [0.2, 0.25) is 5.02 Å². The van der Waals surface area contributed by atoms with Gasteiger partial charge in [-0.2, -0.15) is 4.98 Å². The lowest BCUT2D eigenvalue weighted by Gasteiger charge is -2.00. The monoisotopic (exact) mass is 369 g/mol. The smallest absolute Gasteiger partial charge is 0.330 e. The number of ether oxygens (including phenoxy) is 1. The van der Waals surface area contributed by atoms with Gasteiger partial charge in [0.1, 0.15) is 0 Å². The number of halogens is 1. The van der Waals surface area contributed by atoms with E-state index in [1.165, 1.54) is 6.08 Å². The van der Waals surface area contributed by atoms with Crippen LogP contribution in [0.15, 0.2) is 59.4 Å². The second-order valence-electron chi connectivity index (χ2n) is 5.41. The Labute approximate surface area is 155 Å². The molecule has 0 radical (unpaired) electrons. The molecule has 0 aliphatic rings. The lowest BCUT2D eigenvalue weighted by atomic mass is 10.2. The predicted octanol–water partition coefficient (Wildman–Crippen LogP) is 3.97. The van der Waals surface area contributed by atoms with Gasteiger partial charge in [-0.3, -0.25) is 4.98 Å². The van der Waals surface area contributed by atoms with E-state index in [2.05, 4.69) is 15.1 Å². The third-order valence-electron chi connectivity index (χ3n) is 3.43. The fourth-order valence-corrected chi connectivity index (χ4v) is 2.39. The van der Waals surface area contributed by atoms with Crippen molar-refractivity contribution in [2.75, 3.05) is 6.61 Å². The molecule has 7 heteroatoms. The fraction of sp³-hybridized carbons (Fsp3) is 0.158. The molecular formula is C19H16ClN3O3. The second-order valence-corrected chi connectivity index (χ2v) is 5.85. The summed E-state index contributed by atoms with van der Waals surface area (Å²) in [5, 5.41) is 4.53. The quantitative estimate of drug-likeness (QED) is 0.356. The maximum Gasteiger partial charge on any atom is 0.330 e. The molecule has 26 heavy (non-hydrogen) atoms. The van der Waals surface area contributed by atoms with E-state index in [4.69, 9.17) is 20.9 Å². The van der Waals surface area contributed by atoms with Crippen LogP contribution in [0, 0.1) is 0 Å². The van der Waals surface area contributed by atoms with Crippen LogP contribution < -0.4 is 0 Å². The molecule has 6 nitrogen and oxygen atoms in total.